The van der Waals surface area contributed by atoms with Crippen molar-refractivity contribution in [2.24, 2.45) is 4.99 Å². The molecule has 1 saturated heterocycles. The second-order valence-electron chi connectivity index (χ2n) is 6.62. The van der Waals surface area contributed by atoms with Gasteiger partial charge in [-0.1, -0.05) is 23.8 Å². The van der Waals surface area contributed by atoms with Crippen LogP contribution >= 0.6 is 35.6 Å². The van der Waals surface area contributed by atoms with E-state index in [1.807, 2.05) is 31.3 Å². The number of nitrogens with one attached hydrogen (secondary N) is 1. The van der Waals surface area contributed by atoms with Crippen LogP contribution < -0.4 is 10.1 Å². The highest BCUT2D eigenvalue weighted by molar-refractivity contribution is 14.0. The molecule has 1 aromatic carbocycles. The average Bonchev–Trinajstić information content (AvgIpc) is 3.29. The Morgan fingerprint density at radius 2 is 2.00 bits per heavy atom. The minimum atomic E-state index is 0. The molecule has 0 aliphatic carbocycles. The summed E-state index contributed by atoms with van der Waals surface area (Å²) in [6, 6.07) is 8.09. The van der Waals surface area contributed by atoms with Gasteiger partial charge in [-0.2, -0.15) is 0 Å². The first kappa shape index (κ1) is 21.3. The lowest BCUT2D eigenvalue weighted by Crippen LogP contribution is -2.45. The van der Waals surface area contributed by atoms with Crippen molar-refractivity contribution in [2.75, 3.05) is 39.8 Å². The number of nitrogens with zero attached hydrogens (tertiary/aromatic N) is 3. The second kappa shape index (κ2) is 10.4. The van der Waals surface area contributed by atoms with E-state index in [1.165, 1.54) is 6.42 Å². The zero-order valence-electron chi connectivity index (χ0n) is 15.4. The fraction of sp³-hybridized carbons (Fsp3) is 0.526. The third-order valence-electron chi connectivity index (χ3n) is 4.74. The molecule has 26 heavy (non-hydrogen) atoms. The summed E-state index contributed by atoms with van der Waals surface area (Å²) in [5.41, 5.74) is 0. The molecule has 0 spiro atoms. The van der Waals surface area contributed by atoms with Gasteiger partial charge in [-0.05, 0) is 37.6 Å². The maximum Gasteiger partial charge on any atom is 0.193 e. The topological polar surface area (TPSA) is 40.1 Å². The van der Waals surface area contributed by atoms with Gasteiger partial charge < -0.3 is 15.0 Å². The molecule has 0 saturated carbocycles. The van der Waals surface area contributed by atoms with Gasteiger partial charge in [0, 0.05) is 44.3 Å². The molecular formula is C19H28ClIN4O. The first-order valence-electron chi connectivity index (χ1n) is 8.92. The van der Waals surface area contributed by atoms with Crippen LogP contribution in [0.1, 0.15) is 13.3 Å². The van der Waals surface area contributed by atoms with E-state index in [1.54, 1.807) is 0 Å². The van der Waals surface area contributed by atoms with E-state index in [9.17, 15) is 0 Å². The molecule has 2 aliphatic rings. The Morgan fingerprint density at radius 1 is 1.31 bits per heavy atom. The van der Waals surface area contributed by atoms with E-state index in [2.05, 4.69) is 39.2 Å². The summed E-state index contributed by atoms with van der Waals surface area (Å²) in [5.74, 6) is 1.79. The number of likely N-dealkylation sites (tertiary alicyclic amines) is 1. The number of ether oxygens (including phenoxy) is 1. The summed E-state index contributed by atoms with van der Waals surface area (Å²) in [4.78, 5) is 9.32. The minimum absolute atomic E-state index is 0. The molecule has 1 fully saturated rings. The van der Waals surface area contributed by atoms with Crippen molar-refractivity contribution in [1.82, 2.24) is 15.1 Å². The fourth-order valence-electron chi connectivity index (χ4n) is 3.38. The fourth-order valence-corrected chi connectivity index (χ4v) is 3.51. The lowest BCUT2D eigenvalue weighted by Gasteiger charge is -2.26. The predicted molar refractivity (Wildman–Crippen MR) is 119 cm³/mol. The van der Waals surface area contributed by atoms with Crippen molar-refractivity contribution in [3.05, 3.63) is 41.4 Å². The summed E-state index contributed by atoms with van der Waals surface area (Å²) in [6.07, 6.45) is 5.75. The van der Waals surface area contributed by atoms with Crippen molar-refractivity contribution in [1.29, 1.82) is 0 Å². The number of aliphatic imine (C=N–C) groups is 1. The Kier molecular flexibility index (Phi) is 8.50. The van der Waals surface area contributed by atoms with Gasteiger partial charge in [-0.15, -0.1) is 24.0 Å². The summed E-state index contributed by atoms with van der Waals surface area (Å²) in [7, 11) is 1.85. The zero-order chi connectivity index (χ0) is 17.6. The summed E-state index contributed by atoms with van der Waals surface area (Å²) < 4.78 is 5.92. The lowest BCUT2D eigenvalue weighted by molar-refractivity contribution is 0.222. The molecule has 2 aliphatic heterocycles. The maximum atomic E-state index is 5.92. The van der Waals surface area contributed by atoms with E-state index in [-0.39, 0.29) is 30.1 Å². The Morgan fingerprint density at radius 3 is 2.65 bits per heavy atom. The Balaban J connectivity index is 0.00000243. The standard InChI is InChI=1S/C19H27ClN4O.HI/c1-15(25-18-7-5-16(20)6-8-18)13-22-19(21-2)24-12-9-17(14-24)23-10-3-4-11-23;/h3-8,15,17H,9-14H2,1-2H3,(H,21,22);1H. The van der Waals surface area contributed by atoms with Crippen LogP contribution in [0.5, 0.6) is 5.75 Å². The highest BCUT2D eigenvalue weighted by Crippen LogP contribution is 2.18. The van der Waals surface area contributed by atoms with Gasteiger partial charge in [0.05, 0.1) is 6.54 Å². The maximum absolute atomic E-state index is 5.92. The molecule has 2 heterocycles. The van der Waals surface area contributed by atoms with Gasteiger partial charge in [0.2, 0.25) is 0 Å². The van der Waals surface area contributed by atoms with E-state index in [0.29, 0.717) is 12.6 Å². The van der Waals surface area contributed by atoms with Crippen molar-refractivity contribution in [2.45, 2.75) is 25.5 Å². The van der Waals surface area contributed by atoms with Crippen LogP contribution in [-0.2, 0) is 0 Å². The van der Waals surface area contributed by atoms with E-state index < -0.39 is 0 Å². The van der Waals surface area contributed by atoms with Gasteiger partial charge in [-0.3, -0.25) is 9.89 Å². The Hall–Kier alpha value is -0.990. The van der Waals surface area contributed by atoms with Crippen LogP contribution in [0.25, 0.3) is 0 Å². The first-order chi connectivity index (χ1) is 12.2. The highest BCUT2D eigenvalue weighted by Gasteiger charge is 2.29. The van der Waals surface area contributed by atoms with Gasteiger partial charge in [0.1, 0.15) is 11.9 Å². The minimum Gasteiger partial charge on any atom is -0.489 e. The predicted octanol–water partition coefficient (Wildman–Crippen LogP) is 3.25. The van der Waals surface area contributed by atoms with Crippen LogP contribution in [0.4, 0.5) is 0 Å². The van der Waals surface area contributed by atoms with E-state index in [4.69, 9.17) is 16.3 Å². The molecule has 1 N–H and O–H groups in total. The smallest absolute Gasteiger partial charge is 0.193 e. The molecule has 0 amide bonds. The SMILES string of the molecule is CN=C(NCC(C)Oc1ccc(Cl)cc1)N1CCC(N2CC=CC2)C1.I. The average molecular weight is 491 g/mol. The van der Waals surface area contributed by atoms with Gasteiger partial charge in [0.25, 0.3) is 0 Å². The lowest BCUT2D eigenvalue weighted by atomic mass is 10.2. The molecule has 5 nitrogen and oxygen atoms in total. The van der Waals surface area contributed by atoms with Crippen molar-refractivity contribution in [3.8, 4) is 5.75 Å². The number of guanidine groups is 1. The van der Waals surface area contributed by atoms with Crippen molar-refractivity contribution < 1.29 is 4.74 Å². The quantitative estimate of drug-likeness (QED) is 0.298. The Bertz CT molecular complexity index is 614. The number of benzene rings is 1. The van der Waals surface area contributed by atoms with Crippen molar-refractivity contribution >= 4 is 41.5 Å². The molecule has 0 radical (unpaired) electrons. The number of halogens is 2. The molecule has 1 aromatic rings. The van der Waals surface area contributed by atoms with Crippen LogP contribution in [0.3, 0.4) is 0 Å². The summed E-state index contributed by atoms with van der Waals surface area (Å²) in [5, 5.41) is 4.16. The molecule has 3 rings (SSSR count). The summed E-state index contributed by atoms with van der Waals surface area (Å²) >= 11 is 5.90. The third-order valence-corrected chi connectivity index (χ3v) is 4.99. The Labute approximate surface area is 178 Å². The molecular weight excluding hydrogens is 463 g/mol. The molecule has 2 unspecified atom stereocenters. The van der Waals surface area contributed by atoms with Crippen molar-refractivity contribution in [3.63, 3.8) is 0 Å². The van der Waals surface area contributed by atoms with Gasteiger partial charge >= 0.3 is 0 Å². The molecule has 7 heteroatoms. The number of rotatable bonds is 5. The number of hydrogen-bond donors (Lipinski definition) is 1. The molecule has 0 aromatic heterocycles. The zero-order valence-corrected chi connectivity index (χ0v) is 18.5. The van der Waals surface area contributed by atoms with Crippen LogP contribution in [0.2, 0.25) is 5.02 Å². The molecule has 0 bridgehead atoms. The van der Waals surface area contributed by atoms with Gasteiger partial charge in [0.15, 0.2) is 5.96 Å². The number of hydrogen-bond acceptors (Lipinski definition) is 3. The third kappa shape index (κ3) is 5.76. The van der Waals surface area contributed by atoms with Crippen LogP contribution in [0.15, 0.2) is 41.4 Å². The molecule has 2 atom stereocenters. The van der Waals surface area contributed by atoms with E-state index in [0.717, 1.165) is 42.9 Å². The molecule has 144 valence electrons. The summed E-state index contributed by atoms with van der Waals surface area (Å²) in [6.45, 7) is 7.01. The van der Waals surface area contributed by atoms with Crippen LogP contribution in [-0.4, -0.2) is 67.7 Å². The van der Waals surface area contributed by atoms with Crippen LogP contribution in [0, 0.1) is 0 Å². The normalized spacial score (nSPS) is 21.6. The first-order valence-corrected chi connectivity index (χ1v) is 9.30. The van der Waals surface area contributed by atoms with E-state index >= 15 is 0 Å². The van der Waals surface area contributed by atoms with Gasteiger partial charge in [-0.25, -0.2) is 0 Å². The largest absolute Gasteiger partial charge is 0.489 e. The monoisotopic (exact) mass is 490 g/mol. The second-order valence-corrected chi connectivity index (χ2v) is 7.06. The highest BCUT2D eigenvalue weighted by atomic mass is 127.